The normalized spacial score (nSPS) is 34.9. The molecule has 1 saturated heterocycles. The molecule has 0 saturated carbocycles. The molecule has 4 aliphatic rings. The van der Waals surface area contributed by atoms with E-state index >= 15 is 0 Å². The van der Waals surface area contributed by atoms with E-state index in [0.717, 1.165) is 5.56 Å². The maximum absolute atomic E-state index is 14.5. The Balaban J connectivity index is 2.03. The summed E-state index contributed by atoms with van der Waals surface area (Å²) in [5, 5.41) is 0. The zero-order chi connectivity index (χ0) is 25.1. The van der Waals surface area contributed by atoms with Gasteiger partial charge < -0.3 is 23.7 Å². The molecule has 9 heteroatoms. The summed E-state index contributed by atoms with van der Waals surface area (Å²) in [6.45, 7) is 9.92. The number of benzene rings is 1. The number of anilines is 1. The summed E-state index contributed by atoms with van der Waals surface area (Å²) in [7, 11) is 1.89. The van der Waals surface area contributed by atoms with E-state index in [9.17, 15) is 14.4 Å². The molecule has 1 fully saturated rings. The van der Waals surface area contributed by atoms with E-state index in [-0.39, 0.29) is 5.91 Å². The Hall–Kier alpha value is -2.49. The predicted octanol–water partition coefficient (Wildman–Crippen LogP) is 2.57. The van der Waals surface area contributed by atoms with Crippen molar-refractivity contribution in [2.75, 3.05) is 26.2 Å². The molecule has 1 aromatic rings. The summed E-state index contributed by atoms with van der Waals surface area (Å²) in [5.74, 6) is -1.95. The van der Waals surface area contributed by atoms with Gasteiger partial charge in [-0.15, -0.1) is 0 Å². The van der Waals surface area contributed by atoms with Crippen LogP contribution in [0.3, 0.4) is 0 Å². The number of hydrogen-bond donors (Lipinski definition) is 0. The number of ketones is 1. The second-order valence-electron chi connectivity index (χ2n) is 11.2. The zero-order valence-corrected chi connectivity index (χ0v) is 22.0. The maximum Gasteiger partial charge on any atom is 0.321 e. The Bertz CT molecular complexity index is 1170. The first-order valence-corrected chi connectivity index (χ1v) is 15.0. The van der Waals surface area contributed by atoms with Crippen molar-refractivity contribution >= 4 is 31.7 Å². The number of fused-ring (bicyclic) bond motifs is 4. The molecule has 0 aromatic heterocycles. The molecular weight excluding hydrogens is 452 g/mol. The first-order chi connectivity index (χ1) is 15.8. The van der Waals surface area contributed by atoms with Gasteiger partial charge in [0.1, 0.15) is 0 Å². The topological polar surface area (TPSA) is 85.4 Å². The Labute approximate surface area is 201 Å². The highest BCUT2D eigenvalue weighted by Gasteiger charge is 2.90. The number of nitrogens with zero attached hydrogens (tertiary/aromatic N) is 2. The molecule has 1 aliphatic carbocycles. The fourth-order valence-electron chi connectivity index (χ4n) is 7.34. The van der Waals surface area contributed by atoms with Crippen LogP contribution in [0, 0.1) is 11.3 Å². The number of amides is 1. The van der Waals surface area contributed by atoms with Crippen LogP contribution in [0.5, 0.6) is 0 Å². The smallest absolute Gasteiger partial charge is 0.321 e. The highest BCUT2D eigenvalue weighted by atomic mass is 28.4. The van der Waals surface area contributed by atoms with Gasteiger partial charge in [-0.2, -0.15) is 0 Å². The van der Waals surface area contributed by atoms with E-state index in [1.807, 2.05) is 56.6 Å². The van der Waals surface area contributed by atoms with Gasteiger partial charge in [0.05, 0.1) is 12.8 Å². The molecule has 0 unspecified atom stereocenters. The third-order valence-corrected chi connectivity index (χ3v) is 9.19. The first-order valence-electron chi connectivity index (χ1n) is 11.6. The van der Waals surface area contributed by atoms with Gasteiger partial charge >= 0.3 is 5.97 Å². The largest absolute Gasteiger partial charge is 0.468 e. The number of carbonyl (C=O) groups excluding carboxylic acids is 3. The molecular formula is C25H32N2O6Si. The van der Waals surface area contributed by atoms with Crippen LogP contribution >= 0.6 is 0 Å². The van der Waals surface area contributed by atoms with Crippen LogP contribution in [-0.2, 0) is 40.3 Å². The second kappa shape index (κ2) is 6.59. The minimum absolute atomic E-state index is 0.374. The molecule has 1 amide bonds. The lowest BCUT2D eigenvalue weighted by molar-refractivity contribution is -0.235. The van der Waals surface area contributed by atoms with Crippen LogP contribution in [0.4, 0.5) is 5.69 Å². The average molecular weight is 485 g/mol. The molecule has 8 nitrogen and oxygen atoms in total. The van der Waals surface area contributed by atoms with Crippen molar-refractivity contribution in [1.29, 1.82) is 0 Å². The first kappa shape index (κ1) is 23.3. The van der Waals surface area contributed by atoms with Crippen molar-refractivity contribution in [1.82, 2.24) is 4.90 Å². The van der Waals surface area contributed by atoms with Gasteiger partial charge in [0.25, 0.3) is 5.91 Å². The fraction of sp³-hybridized carbons (Fsp3) is 0.560. The minimum Gasteiger partial charge on any atom is -0.468 e. The third-order valence-electron chi connectivity index (χ3n) is 8.27. The number of esters is 1. The predicted molar refractivity (Wildman–Crippen MR) is 127 cm³/mol. The van der Waals surface area contributed by atoms with Crippen LogP contribution in [0.1, 0.15) is 25.0 Å². The van der Waals surface area contributed by atoms with Gasteiger partial charge in [0.15, 0.2) is 19.3 Å². The van der Waals surface area contributed by atoms with Gasteiger partial charge in [-0.1, -0.05) is 12.1 Å². The monoisotopic (exact) mass is 484 g/mol. The van der Waals surface area contributed by atoms with E-state index in [1.54, 1.807) is 18.1 Å². The number of likely N-dealkylation sites (N-methyl/N-ethyl adjacent to an activating group) is 1. The standard InChI is InChI=1S/C25H32N2O6Si/c1-22(2)17-14-15-10-9-11-16-19(15)24(20(29)26(16)3,33-34(6,7)8)23(17,21(30)31-4)25(32-5)18(28)12-13-27(22)25/h9-13,17H,14H2,1-8H3/t17-,23-,24+,25-/m0/s1. The molecule has 182 valence electrons. The molecule has 1 aromatic carbocycles. The van der Waals surface area contributed by atoms with Crippen molar-refractivity contribution in [3.63, 3.8) is 0 Å². The van der Waals surface area contributed by atoms with E-state index in [1.165, 1.54) is 20.3 Å². The van der Waals surface area contributed by atoms with E-state index in [0.29, 0.717) is 17.7 Å². The second-order valence-corrected chi connectivity index (χ2v) is 15.6. The van der Waals surface area contributed by atoms with Crippen LogP contribution in [0.25, 0.3) is 0 Å². The Morgan fingerprint density at radius 1 is 1.15 bits per heavy atom. The van der Waals surface area contributed by atoms with E-state index < -0.39 is 48.3 Å². The van der Waals surface area contributed by atoms with Gasteiger partial charge in [-0.3, -0.25) is 14.4 Å². The number of carbonyl (C=O) groups is 3. The van der Waals surface area contributed by atoms with Gasteiger partial charge in [0.2, 0.25) is 11.5 Å². The van der Waals surface area contributed by atoms with Crippen molar-refractivity contribution in [3.8, 4) is 0 Å². The molecule has 0 bridgehead atoms. The van der Waals surface area contributed by atoms with Gasteiger partial charge in [0, 0.05) is 43.5 Å². The fourth-order valence-corrected chi connectivity index (χ4v) is 8.61. The Morgan fingerprint density at radius 3 is 2.41 bits per heavy atom. The number of ether oxygens (including phenoxy) is 2. The lowest BCUT2D eigenvalue weighted by Gasteiger charge is -2.56. The Morgan fingerprint density at radius 2 is 1.82 bits per heavy atom. The van der Waals surface area contributed by atoms with Crippen LogP contribution < -0.4 is 4.90 Å². The highest BCUT2D eigenvalue weighted by Crippen LogP contribution is 2.73. The molecule has 3 aliphatic heterocycles. The lowest BCUT2D eigenvalue weighted by Crippen LogP contribution is -2.75. The summed E-state index contributed by atoms with van der Waals surface area (Å²) < 4.78 is 18.6. The minimum atomic E-state index is -2.53. The summed E-state index contributed by atoms with van der Waals surface area (Å²) in [6, 6.07) is 5.78. The molecule has 0 N–H and O–H groups in total. The van der Waals surface area contributed by atoms with Crippen LogP contribution in [0.15, 0.2) is 30.5 Å². The molecule has 0 radical (unpaired) electrons. The number of methoxy groups -OCH3 is 2. The maximum atomic E-state index is 14.5. The zero-order valence-electron chi connectivity index (χ0n) is 21.0. The lowest BCUT2D eigenvalue weighted by atomic mass is 9.50. The average Bonchev–Trinajstić information content (AvgIpc) is 3.28. The summed E-state index contributed by atoms with van der Waals surface area (Å²) >= 11 is 0. The summed E-state index contributed by atoms with van der Waals surface area (Å²) in [5.41, 5.74) is -3.81. The number of rotatable bonds is 4. The number of hydrogen-bond acceptors (Lipinski definition) is 7. The molecule has 5 rings (SSSR count). The van der Waals surface area contributed by atoms with E-state index in [4.69, 9.17) is 13.9 Å². The van der Waals surface area contributed by atoms with Crippen molar-refractivity contribution in [2.24, 2.45) is 11.3 Å². The Kier molecular flexibility index (Phi) is 4.51. The molecule has 0 spiro atoms. The molecule has 34 heavy (non-hydrogen) atoms. The van der Waals surface area contributed by atoms with Gasteiger partial charge in [-0.25, -0.2) is 0 Å². The molecule has 4 atom stereocenters. The van der Waals surface area contributed by atoms with Gasteiger partial charge in [-0.05, 0) is 51.5 Å². The van der Waals surface area contributed by atoms with Crippen molar-refractivity contribution in [3.05, 3.63) is 41.6 Å². The summed E-state index contributed by atoms with van der Waals surface area (Å²) in [6.07, 6.45) is 3.58. The quantitative estimate of drug-likeness (QED) is 0.480. The summed E-state index contributed by atoms with van der Waals surface area (Å²) in [4.78, 5) is 46.0. The van der Waals surface area contributed by atoms with Crippen LogP contribution in [-0.4, -0.2) is 63.4 Å². The van der Waals surface area contributed by atoms with E-state index in [2.05, 4.69) is 0 Å². The van der Waals surface area contributed by atoms with Crippen LogP contribution in [0.2, 0.25) is 19.6 Å². The molecule has 3 heterocycles. The highest BCUT2D eigenvalue weighted by molar-refractivity contribution is 6.70. The third kappa shape index (κ3) is 2.15. The van der Waals surface area contributed by atoms with Crippen molar-refractivity contribution in [2.45, 2.75) is 56.8 Å². The SMILES string of the molecule is COC(=O)[C@@]12[C@@H](Cc3cccc4c3[C@@]1(O[Si](C)(C)C)C(=O)N4C)C(C)(C)N1C=CC(=O)[C@@]12OC. The van der Waals surface area contributed by atoms with Crippen molar-refractivity contribution < 1.29 is 28.3 Å².